The molecule has 0 aromatic heterocycles. The number of urea groups is 1. The van der Waals surface area contributed by atoms with Crippen molar-refractivity contribution in [2.75, 3.05) is 56.7 Å². The van der Waals surface area contributed by atoms with E-state index in [1.165, 1.54) is 0 Å². The zero-order valence-corrected chi connectivity index (χ0v) is 16.8. The van der Waals surface area contributed by atoms with Gasteiger partial charge in [-0.3, -0.25) is 9.69 Å². The molecule has 1 fully saturated rings. The zero-order chi connectivity index (χ0) is 20.5. The number of anilines is 2. The SMILES string of the molecule is CN(C(=O)Cc1ccc(NC(=O)NCCN2CCOCC2)cc1)c1ccccc1. The van der Waals surface area contributed by atoms with Crippen molar-refractivity contribution in [2.45, 2.75) is 6.42 Å². The van der Waals surface area contributed by atoms with Crippen LogP contribution < -0.4 is 15.5 Å². The third-order valence-electron chi connectivity index (χ3n) is 4.90. The first-order valence-electron chi connectivity index (χ1n) is 9.87. The number of carbonyl (C=O) groups excluding carboxylic acids is 2. The van der Waals surface area contributed by atoms with Gasteiger partial charge in [-0.2, -0.15) is 0 Å². The van der Waals surface area contributed by atoms with E-state index in [0.29, 0.717) is 18.7 Å². The highest BCUT2D eigenvalue weighted by Gasteiger charge is 2.12. The van der Waals surface area contributed by atoms with Crippen molar-refractivity contribution >= 4 is 23.3 Å². The maximum atomic E-state index is 12.5. The van der Waals surface area contributed by atoms with Crippen molar-refractivity contribution in [3.05, 3.63) is 60.2 Å². The van der Waals surface area contributed by atoms with E-state index >= 15 is 0 Å². The standard InChI is InChI=1S/C22H28N4O3/c1-25(20-5-3-2-4-6-20)21(27)17-18-7-9-19(10-8-18)24-22(28)23-11-12-26-13-15-29-16-14-26/h2-10H,11-17H2,1H3,(H2,23,24,28). The van der Waals surface area contributed by atoms with Gasteiger partial charge in [0.25, 0.3) is 0 Å². The number of hydrogen-bond donors (Lipinski definition) is 2. The summed E-state index contributed by atoms with van der Waals surface area (Å²) in [5.41, 5.74) is 2.46. The number of carbonyl (C=O) groups is 2. The van der Waals surface area contributed by atoms with E-state index in [9.17, 15) is 9.59 Å². The smallest absolute Gasteiger partial charge is 0.319 e. The molecule has 154 valence electrons. The number of amides is 3. The van der Waals surface area contributed by atoms with Crippen molar-refractivity contribution in [3.8, 4) is 0 Å². The van der Waals surface area contributed by atoms with E-state index in [1.807, 2.05) is 54.6 Å². The third kappa shape index (κ3) is 6.58. The predicted molar refractivity (Wildman–Crippen MR) is 114 cm³/mol. The van der Waals surface area contributed by atoms with E-state index in [0.717, 1.165) is 44.1 Å². The summed E-state index contributed by atoms with van der Waals surface area (Å²) in [5.74, 6) is 0.0118. The minimum Gasteiger partial charge on any atom is -0.379 e. The fourth-order valence-corrected chi connectivity index (χ4v) is 3.12. The van der Waals surface area contributed by atoms with Gasteiger partial charge in [0.05, 0.1) is 19.6 Å². The molecule has 3 rings (SSSR count). The van der Waals surface area contributed by atoms with Crippen LogP contribution in [0.15, 0.2) is 54.6 Å². The van der Waals surface area contributed by atoms with Crippen LogP contribution in [0.2, 0.25) is 0 Å². The molecule has 1 aliphatic rings. The molecule has 1 heterocycles. The monoisotopic (exact) mass is 396 g/mol. The van der Waals surface area contributed by atoms with Crippen molar-refractivity contribution in [1.82, 2.24) is 10.2 Å². The molecular weight excluding hydrogens is 368 g/mol. The van der Waals surface area contributed by atoms with Crippen molar-refractivity contribution < 1.29 is 14.3 Å². The highest BCUT2D eigenvalue weighted by atomic mass is 16.5. The van der Waals surface area contributed by atoms with Gasteiger partial charge in [0.2, 0.25) is 5.91 Å². The number of hydrogen-bond acceptors (Lipinski definition) is 4. The Labute approximate surface area is 171 Å². The topological polar surface area (TPSA) is 73.9 Å². The number of morpholine rings is 1. The van der Waals surface area contributed by atoms with Gasteiger partial charge >= 0.3 is 6.03 Å². The Morgan fingerprint density at radius 2 is 1.72 bits per heavy atom. The van der Waals surface area contributed by atoms with E-state index in [-0.39, 0.29) is 11.9 Å². The molecule has 7 nitrogen and oxygen atoms in total. The van der Waals surface area contributed by atoms with Crippen molar-refractivity contribution in [1.29, 1.82) is 0 Å². The second-order valence-electron chi connectivity index (χ2n) is 7.00. The summed E-state index contributed by atoms with van der Waals surface area (Å²) in [6, 6.07) is 16.7. The predicted octanol–water partition coefficient (Wildman–Crippen LogP) is 2.35. The Morgan fingerprint density at radius 3 is 2.41 bits per heavy atom. The molecule has 0 spiro atoms. The van der Waals surface area contributed by atoms with Crippen LogP contribution in [0.5, 0.6) is 0 Å². The molecule has 2 aromatic carbocycles. The van der Waals surface area contributed by atoms with Gasteiger partial charge in [-0.15, -0.1) is 0 Å². The van der Waals surface area contributed by atoms with Gasteiger partial charge in [0.1, 0.15) is 0 Å². The van der Waals surface area contributed by atoms with Gasteiger partial charge in [-0.05, 0) is 29.8 Å². The molecule has 0 aliphatic carbocycles. The second-order valence-corrected chi connectivity index (χ2v) is 7.00. The average molecular weight is 396 g/mol. The molecule has 3 amide bonds. The molecule has 0 bridgehead atoms. The number of rotatable bonds is 7. The van der Waals surface area contributed by atoms with Crippen LogP contribution in [0, 0.1) is 0 Å². The molecule has 1 aliphatic heterocycles. The zero-order valence-electron chi connectivity index (χ0n) is 16.8. The van der Waals surface area contributed by atoms with E-state index in [2.05, 4.69) is 15.5 Å². The lowest BCUT2D eigenvalue weighted by atomic mass is 10.1. The van der Waals surface area contributed by atoms with Crippen molar-refractivity contribution in [2.24, 2.45) is 0 Å². The highest BCUT2D eigenvalue weighted by Crippen LogP contribution is 2.15. The first-order chi connectivity index (χ1) is 14.1. The molecule has 7 heteroatoms. The molecule has 0 atom stereocenters. The number of nitrogens with one attached hydrogen (secondary N) is 2. The van der Waals surface area contributed by atoms with E-state index in [4.69, 9.17) is 4.74 Å². The van der Waals surface area contributed by atoms with Gasteiger partial charge in [0.15, 0.2) is 0 Å². The number of likely N-dealkylation sites (N-methyl/N-ethyl adjacent to an activating group) is 1. The van der Waals surface area contributed by atoms with Crippen molar-refractivity contribution in [3.63, 3.8) is 0 Å². The maximum Gasteiger partial charge on any atom is 0.319 e. The minimum atomic E-state index is -0.231. The Bertz CT molecular complexity index is 789. The first kappa shape index (κ1) is 20.8. The van der Waals surface area contributed by atoms with Crippen LogP contribution >= 0.6 is 0 Å². The lowest BCUT2D eigenvalue weighted by Gasteiger charge is -2.26. The number of para-hydroxylation sites is 1. The molecule has 2 aromatic rings. The van der Waals surface area contributed by atoms with Crippen LogP contribution in [-0.2, 0) is 16.0 Å². The lowest BCUT2D eigenvalue weighted by Crippen LogP contribution is -2.42. The summed E-state index contributed by atoms with van der Waals surface area (Å²) in [5, 5.41) is 5.69. The summed E-state index contributed by atoms with van der Waals surface area (Å²) >= 11 is 0. The van der Waals surface area contributed by atoms with Crippen LogP contribution in [0.1, 0.15) is 5.56 Å². The Hall–Kier alpha value is -2.90. The molecule has 2 N–H and O–H groups in total. The number of nitrogens with zero attached hydrogens (tertiary/aromatic N) is 2. The quantitative estimate of drug-likeness (QED) is 0.754. The third-order valence-corrected chi connectivity index (χ3v) is 4.90. The van der Waals surface area contributed by atoms with Gasteiger partial charge in [-0.1, -0.05) is 30.3 Å². The molecule has 0 unspecified atom stereocenters. The van der Waals surface area contributed by atoms with E-state index in [1.54, 1.807) is 11.9 Å². The second kappa shape index (κ2) is 10.6. The molecule has 1 saturated heterocycles. The summed E-state index contributed by atoms with van der Waals surface area (Å²) in [6.07, 6.45) is 0.303. The lowest BCUT2D eigenvalue weighted by molar-refractivity contribution is -0.117. The van der Waals surface area contributed by atoms with Crippen LogP contribution in [0.25, 0.3) is 0 Å². The first-order valence-corrected chi connectivity index (χ1v) is 9.87. The summed E-state index contributed by atoms with van der Waals surface area (Å²) < 4.78 is 5.31. The summed E-state index contributed by atoms with van der Waals surface area (Å²) in [6.45, 7) is 4.72. The largest absolute Gasteiger partial charge is 0.379 e. The average Bonchev–Trinajstić information content (AvgIpc) is 2.76. The van der Waals surface area contributed by atoms with Gasteiger partial charge in [-0.25, -0.2) is 4.79 Å². The Balaban J connectivity index is 1.42. The Morgan fingerprint density at radius 1 is 1.03 bits per heavy atom. The fourth-order valence-electron chi connectivity index (χ4n) is 3.12. The summed E-state index contributed by atoms with van der Waals surface area (Å²) in [7, 11) is 1.77. The van der Waals surface area contributed by atoms with Crippen LogP contribution in [0.4, 0.5) is 16.2 Å². The highest BCUT2D eigenvalue weighted by molar-refractivity contribution is 5.94. The number of benzene rings is 2. The van der Waals surface area contributed by atoms with Crippen LogP contribution in [0.3, 0.4) is 0 Å². The maximum absolute atomic E-state index is 12.5. The van der Waals surface area contributed by atoms with Gasteiger partial charge < -0.3 is 20.3 Å². The molecule has 29 heavy (non-hydrogen) atoms. The summed E-state index contributed by atoms with van der Waals surface area (Å²) in [4.78, 5) is 28.4. The normalized spacial score (nSPS) is 14.2. The van der Waals surface area contributed by atoms with E-state index < -0.39 is 0 Å². The molecule has 0 saturated carbocycles. The van der Waals surface area contributed by atoms with Crippen LogP contribution in [-0.4, -0.2) is 63.3 Å². The Kier molecular flexibility index (Phi) is 7.61. The number of ether oxygens (including phenoxy) is 1. The molecular formula is C22H28N4O3. The minimum absolute atomic E-state index is 0.0118. The van der Waals surface area contributed by atoms with Gasteiger partial charge in [0, 0.05) is 44.6 Å². The molecule has 0 radical (unpaired) electrons. The fraction of sp³-hybridized carbons (Fsp3) is 0.364.